The summed E-state index contributed by atoms with van der Waals surface area (Å²) < 4.78 is 14.9. The lowest BCUT2D eigenvalue weighted by Gasteiger charge is -2.11. The van der Waals surface area contributed by atoms with E-state index in [4.69, 9.17) is 0 Å². The number of benzene rings is 1. The number of rotatable bonds is 7. The summed E-state index contributed by atoms with van der Waals surface area (Å²) in [5.74, 6) is -0.0229. The van der Waals surface area contributed by atoms with Gasteiger partial charge in [-0.15, -0.1) is 0 Å². The number of carbonyl (C=O) groups excluding carboxylic acids is 1. The highest BCUT2D eigenvalue weighted by Crippen LogP contribution is 2.21. The Morgan fingerprint density at radius 1 is 1.28 bits per heavy atom. The van der Waals surface area contributed by atoms with Crippen LogP contribution in [0.3, 0.4) is 0 Å². The Labute approximate surface area is 148 Å². The van der Waals surface area contributed by atoms with E-state index < -0.39 is 0 Å². The van der Waals surface area contributed by atoms with Gasteiger partial charge in [-0.3, -0.25) is 4.79 Å². The van der Waals surface area contributed by atoms with E-state index in [9.17, 15) is 9.18 Å². The second kappa shape index (κ2) is 8.25. The van der Waals surface area contributed by atoms with Crippen LogP contribution in [-0.4, -0.2) is 47.8 Å². The molecule has 0 aliphatic heterocycles. The number of amides is 1. The van der Waals surface area contributed by atoms with Crippen LogP contribution in [-0.2, 0) is 6.42 Å². The second-order valence-corrected chi connectivity index (χ2v) is 6.95. The fraction of sp³-hybridized carbons (Fsp3) is 0.474. The molecule has 0 fully saturated rings. The molecule has 0 atom stereocenters. The van der Waals surface area contributed by atoms with E-state index in [0.29, 0.717) is 24.4 Å². The molecular formula is C19H27FN4O. The fourth-order valence-electron chi connectivity index (χ4n) is 2.70. The van der Waals surface area contributed by atoms with E-state index in [1.54, 1.807) is 16.8 Å². The van der Waals surface area contributed by atoms with Crippen LogP contribution in [0, 0.1) is 18.7 Å². The average molecular weight is 346 g/mol. The first kappa shape index (κ1) is 19.1. The number of aromatic nitrogens is 2. The minimum Gasteiger partial charge on any atom is -0.351 e. The Kier molecular flexibility index (Phi) is 6.31. The van der Waals surface area contributed by atoms with Gasteiger partial charge in [-0.25, -0.2) is 9.07 Å². The van der Waals surface area contributed by atoms with Crippen molar-refractivity contribution in [2.45, 2.75) is 27.2 Å². The number of carbonyl (C=O) groups is 1. The van der Waals surface area contributed by atoms with E-state index in [1.165, 1.54) is 12.1 Å². The summed E-state index contributed by atoms with van der Waals surface area (Å²) in [6, 6.07) is 6.13. The topological polar surface area (TPSA) is 50.2 Å². The van der Waals surface area contributed by atoms with Gasteiger partial charge in [0.05, 0.1) is 22.6 Å². The van der Waals surface area contributed by atoms with E-state index in [1.807, 2.05) is 25.9 Å². The van der Waals surface area contributed by atoms with Crippen LogP contribution in [0.2, 0.25) is 0 Å². The van der Waals surface area contributed by atoms with E-state index in [0.717, 1.165) is 23.6 Å². The van der Waals surface area contributed by atoms with Crippen LogP contribution in [0.4, 0.5) is 4.39 Å². The monoisotopic (exact) mass is 346 g/mol. The second-order valence-electron chi connectivity index (χ2n) is 6.95. The van der Waals surface area contributed by atoms with Crippen molar-refractivity contribution in [2.75, 3.05) is 27.2 Å². The van der Waals surface area contributed by atoms with Gasteiger partial charge >= 0.3 is 0 Å². The summed E-state index contributed by atoms with van der Waals surface area (Å²) >= 11 is 0. The largest absolute Gasteiger partial charge is 0.351 e. The molecule has 5 nitrogen and oxygen atoms in total. The van der Waals surface area contributed by atoms with E-state index >= 15 is 0 Å². The predicted octanol–water partition coefficient (Wildman–Crippen LogP) is 2.81. The molecule has 0 saturated heterocycles. The third-order valence-electron chi connectivity index (χ3n) is 3.93. The van der Waals surface area contributed by atoms with Crippen LogP contribution in [0.25, 0.3) is 5.69 Å². The summed E-state index contributed by atoms with van der Waals surface area (Å²) in [4.78, 5) is 14.7. The number of nitrogens with zero attached hydrogens (tertiary/aromatic N) is 3. The van der Waals surface area contributed by atoms with Gasteiger partial charge in [-0.1, -0.05) is 13.8 Å². The predicted molar refractivity (Wildman–Crippen MR) is 97.7 cm³/mol. The fourth-order valence-corrected chi connectivity index (χ4v) is 2.70. The number of nitrogens with one attached hydrogen (secondary N) is 1. The number of hydrogen-bond donors (Lipinski definition) is 1. The summed E-state index contributed by atoms with van der Waals surface area (Å²) in [6.07, 6.45) is 0.714. The highest BCUT2D eigenvalue weighted by atomic mass is 19.1. The zero-order valence-corrected chi connectivity index (χ0v) is 15.6. The van der Waals surface area contributed by atoms with Crippen molar-refractivity contribution in [2.24, 2.45) is 5.92 Å². The van der Waals surface area contributed by atoms with Crippen molar-refractivity contribution in [3.8, 4) is 5.69 Å². The van der Waals surface area contributed by atoms with Crippen LogP contribution >= 0.6 is 0 Å². The maximum Gasteiger partial charge on any atom is 0.255 e. The first-order valence-corrected chi connectivity index (χ1v) is 8.57. The molecule has 25 heavy (non-hydrogen) atoms. The normalized spacial score (nSPS) is 11.4. The Hall–Kier alpha value is -2.21. The lowest BCUT2D eigenvalue weighted by Crippen LogP contribution is -2.32. The standard InChI is InChI=1S/C19H27FN4O/c1-13(2)12-17-18(19(25)21-10-11-23(4)5)14(3)24(22-17)16-8-6-15(20)7-9-16/h6-9,13H,10-12H2,1-5H3,(H,21,25). The summed E-state index contributed by atoms with van der Waals surface area (Å²) in [5, 5.41) is 7.60. The lowest BCUT2D eigenvalue weighted by atomic mass is 10.0. The van der Waals surface area contributed by atoms with Gasteiger partial charge in [0.1, 0.15) is 5.82 Å². The van der Waals surface area contributed by atoms with Gasteiger partial charge in [-0.05, 0) is 57.6 Å². The van der Waals surface area contributed by atoms with Gasteiger partial charge in [0.25, 0.3) is 5.91 Å². The maximum absolute atomic E-state index is 13.2. The summed E-state index contributed by atoms with van der Waals surface area (Å²) in [5.41, 5.74) is 2.91. The van der Waals surface area contributed by atoms with Gasteiger partial charge in [0.2, 0.25) is 0 Å². The first-order valence-electron chi connectivity index (χ1n) is 8.57. The van der Waals surface area contributed by atoms with E-state index in [2.05, 4.69) is 24.3 Å². The zero-order chi connectivity index (χ0) is 18.6. The molecule has 1 N–H and O–H groups in total. The third kappa shape index (κ3) is 4.89. The SMILES string of the molecule is Cc1c(C(=O)NCCN(C)C)c(CC(C)C)nn1-c1ccc(F)cc1. The Bertz CT molecular complexity index is 720. The summed E-state index contributed by atoms with van der Waals surface area (Å²) in [7, 11) is 3.93. The smallest absolute Gasteiger partial charge is 0.255 e. The number of halogens is 1. The molecular weight excluding hydrogens is 319 g/mol. The van der Waals surface area contributed by atoms with Crippen molar-refractivity contribution < 1.29 is 9.18 Å². The minimum absolute atomic E-state index is 0.108. The number of likely N-dealkylation sites (N-methyl/N-ethyl adjacent to an activating group) is 1. The average Bonchev–Trinajstić information content (AvgIpc) is 2.83. The molecule has 2 aromatic rings. The van der Waals surface area contributed by atoms with Crippen LogP contribution in [0.15, 0.2) is 24.3 Å². The maximum atomic E-state index is 13.2. The molecule has 1 aromatic heterocycles. The van der Waals surface area contributed by atoms with Crippen LogP contribution in [0.1, 0.15) is 35.6 Å². The highest BCUT2D eigenvalue weighted by molar-refractivity contribution is 5.96. The van der Waals surface area contributed by atoms with Gasteiger partial charge in [-0.2, -0.15) is 5.10 Å². The molecule has 1 amide bonds. The number of hydrogen-bond acceptors (Lipinski definition) is 3. The molecule has 0 bridgehead atoms. The van der Waals surface area contributed by atoms with Crippen molar-refractivity contribution in [1.82, 2.24) is 20.0 Å². The third-order valence-corrected chi connectivity index (χ3v) is 3.93. The zero-order valence-electron chi connectivity index (χ0n) is 15.6. The molecule has 0 aliphatic rings. The molecule has 0 unspecified atom stereocenters. The lowest BCUT2D eigenvalue weighted by molar-refractivity contribution is 0.0949. The van der Waals surface area contributed by atoms with Gasteiger partial charge in [0.15, 0.2) is 0 Å². The highest BCUT2D eigenvalue weighted by Gasteiger charge is 2.22. The Morgan fingerprint density at radius 3 is 2.48 bits per heavy atom. The molecule has 0 spiro atoms. The van der Waals surface area contributed by atoms with Crippen LogP contribution < -0.4 is 5.32 Å². The Balaban J connectivity index is 2.35. The van der Waals surface area contributed by atoms with Crippen molar-refractivity contribution in [1.29, 1.82) is 0 Å². The van der Waals surface area contributed by atoms with Gasteiger partial charge in [0, 0.05) is 13.1 Å². The van der Waals surface area contributed by atoms with Crippen molar-refractivity contribution in [3.63, 3.8) is 0 Å². The summed E-state index contributed by atoms with van der Waals surface area (Å²) in [6.45, 7) is 7.42. The van der Waals surface area contributed by atoms with E-state index in [-0.39, 0.29) is 11.7 Å². The molecule has 136 valence electrons. The molecule has 6 heteroatoms. The molecule has 1 aromatic carbocycles. The molecule has 2 rings (SSSR count). The molecule has 1 heterocycles. The molecule has 0 saturated carbocycles. The first-order chi connectivity index (χ1) is 11.8. The van der Waals surface area contributed by atoms with Crippen molar-refractivity contribution >= 4 is 5.91 Å². The quantitative estimate of drug-likeness (QED) is 0.839. The van der Waals surface area contributed by atoms with Crippen LogP contribution in [0.5, 0.6) is 0 Å². The van der Waals surface area contributed by atoms with Gasteiger partial charge < -0.3 is 10.2 Å². The minimum atomic E-state index is -0.294. The molecule has 0 radical (unpaired) electrons. The van der Waals surface area contributed by atoms with Crippen molar-refractivity contribution in [3.05, 3.63) is 47.0 Å². The molecule has 0 aliphatic carbocycles. The Morgan fingerprint density at radius 2 is 1.92 bits per heavy atom.